The summed E-state index contributed by atoms with van der Waals surface area (Å²) in [6, 6.07) is 7.26. The molecule has 2 aliphatic rings. The summed E-state index contributed by atoms with van der Waals surface area (Å²) in [7, 11) is 1.58. The van der Waals surface area contributed by atoms with Crippen LogP contribution in [0.25, 0.3) is 0 Å². The summed E-state index contributed by atoms with van der Waals surface area (Å²) in [5.41, 5.74) is 0.554. The quantitative estimate of drug-likeness (QED) is 0.479. The molecule has 0 heterocycles. The van der Waals surface area contributed by atoms with E-state index >= 15 is 0 Å². The summed E-state index contributed by atoms with van der Waals surface area (Å²) >= 11 is 0. The number of benzene rings is 1. The van der Waals surface area contributed by atoms with E-state index in [9.17, 15) is 4.79 Å². The van der Waals surface area contributed by atoms with Crippen LogP contribution in [0.2, 0.25) is 0 Å². The SMILES string of the molecule is C=C1C2(C(=O)Oc3ccccc3OC)CCC(C2)C1(C)C. The summed E-state index contributed by atoms with van der Waals surface area (Å²) in [6.07, 6.45) is 2.80. The highest BCUT2D eigenvalue weighted by Gasteiger charge is 2.62. The number of hydrogen-bond donors (Lipinski definition) is 0. The lowest BCUT2D eigenvalue weighted by molar-refractivity contribution is -0.143. The number of carbonyl (C=O) groups is 1. The van der Waals surface area contributed by atoms with E-state index in [0.29, 0.717) is 17.4 Å². The molecule has 3 heteroatoms. The van der Waals surface area contributed by atoms with Crippen LogP contribution < -0.4 is 9.47 Å². The molecule has 2 bridgehead atoms. The minimum Gasteiger partial charge on any atom is -0.493 e. The molecule has 2 unspecified atom stereocenters. The average Bonchev–Trinajstić information content (AvgIpc) is 3.00. The van der Waals surface area contributed by atoms with Crippen LogP contribution in [-0.2, 0) is 4.79 Å². The third-order valence-electron chi connectivity index (χ3n) is 5.55. The molecule has 2 atom stereocenters. The van der Waals surface area contributed by atoms with E-state index in [1.807, 2.05) is 12.1 Å². The first-order chi connectivity index (χ1) is 9.91. The summed E-state index contributed by atoms with van der Waals surface area (Å²) < 4.78 is 10.9. The second-order valence-electron chi connectivity index (χ2n) is 6.76. The van der Waals surface area contributed by atoms with Crippen LogP contribution in [0.15, 0.2) is 36.4 Å². The highest BCUT2D eigenvalue weighted by atomic mass is 16.6. The van der Waals surface area contributed by atoms with Gasteiger partial charge in [-0.25, -0.2) is 0 Å². The molecule has 0 aromatic heterocycles. The molecule has 1 aromatic carbocycles. The van der Waals surface area contributed by atoms with Crippen molar-refractivity contribution in [3.8, 4) is 11.5 Å². The normalized spacial score (nSPS) is 29.5. The van der Waals surface area contributed by atoms with Crippen LogP contribution in [0.5, 0.6) is 11.5 Å². The van der Waals surface area contributed by atoms with E-state index < -0.39 is 5.41 Å². The molecule has 1 aromatic rings. The predicted octanol–water partition coefficient (Wildman–Crippen LogP) is 3.98. The van der Waals surface area contributed by atoms with Crippen molar-refractivity contribution < 1.29 is 14.3 Å². The minimum absolute atomic E-state index is 0.0258. The molecule has 0 radical (unpaired) electrons. The van der Waals surface area contributed by atoms with Gasteiger partial charge in [-0.15, -0.1) is 0 Å². The fourth-order valence-corrected chi connectivity index (χ4v) is 4.01. The number of ether oxygens (including phenoxy) is 2. The summed E-state index contributed by atoms with van der Waals surface area (Å²) in [4.78, 5) is 12.8. The van der Waals surface area contributed by atoms with Crippen molar-refractivity contribution in [1.29, 1.82) is 0 Å². The highest BCUT2D eigenvalue weighted by molar-refractivity contribution is 5.85. The Bertz CT molecular complexity index is 602. The number of methoxy groups -OCH3 is 1. The Morgan fingerprint density at radius 3 is 2.52 bits per heavy atom. The number of fused-ring (bicyclic) bond motifs is 2. The van der Waals surface area contributed by atoms with E-state index in [0.717, 1.165) is 24.8 Å². The number of carbonyl (C=O) groups excluding carboxylic acids is 1. The first kappa shape index (κ1) is 14.2. The van der Waals surface area contributed by atoms with Crippen molar-refractivity contribution in [2.45, 2.75) is 33.1 Å². The topological polar surface area (TPSA) is 35.5 Å². The lowest BCUT2D eigenvalue weighted by atomic mass is 9.68. The van der Waals surface area contributed by atoms with E-state index in [1.54, 1.807) is 19.2 Å². The molecule has 0 amide bonds. The molecule has 2 fully saturated rings. The van der Waals surface area contributed by atoms with Crippen molar-refractivity contribution in [2.75, 3.05) is 7.11 Å². The van der Waals surface area contributed by atoms with Crippen LogP contribution in [-0.4, -0.2) is 13.1 Å². The van der Waals surface area contributed by atoms with Crippen molar-refractivity contribution in [3.63, 3.8) is 0 Å². The lowest BCUT2D eigenvalue weighted by Crippen LogP contribution is -2.36. The lowest BCUT2D eigenvalue weighted by Gasteiger charge is -2.36. The van der Waals surface area contributed by atoms with Gasteiger partial charge < -0.3 is 9.47 Å². The molecule has 112 valence electrons. The number of rotatable bonds is 3. The Labute approximate surface area is 125 Å². The first-order valence-electron chi connectivity index (χ1n) is 7.47. The molecular weight excluding hydrogens is 264 g/mol. The van der Waals surface area contributed by atoms with Gasteiger partial charge in [-0.05, 0) is 42.7 Å². The van der Waals surface area contributed by atoms with E-state index in [2.05, 4.69) is 20.4 Å². The van der Waals surface area contributed by atoms with Gasteiger partial charge in [0, 0.05) is 0 Å². The fourth-order valence-electron chi connectivity index (χ4n) is 4.01. The number of esters is 1. The Balaban J connectivity index is 1.88. The molecule has 21 heavy (non-hydrogen) atoms. The number of hydrogen-bond acceptors (Lipinski definition) is 3. The Hall–Kier alpha value is -1.77. The van der Waals surface area contributed by atoms with Crippen molar-refractivity contribution in [3.05, 3.63) is 36.4 Å². The zero-order valence-electron chi connectivity index (χ0n) is 12.9. The Morgan fingerprint density at radius 1 is 1.29 bits per heavy atom. The van der Waals surface area contributed by atoms with Gasteiger partial charge in [-0.2, -0.15) is 0 Å². The molecular formula is C18H22O3. The third-order valence-corrected chi connectivity index (χ3v) is 5.55. The zero-order valence-corrected chi connectivity index (χ0v) is 12.9. The second kappa shape index (κ2) is 4.62. The average molecular weight is 286 g/mol. The van der Waals surface area contributed by atoms with Gasteiger partial charge in [0.05, 0.1) is 12.5 Å². The maximum Gasteiger partial charge on any atom is 0.321 e. The fraction of sp³-hybridized carbons (Fsp3) is 0.500. The Morgan fingerprint density at radius 2 is 1.95 bits per heavy atom. The largest absolute Gasteiger partial charge is 0.493 e. The standard InChI is InChI=1S/C18H22O3/c1-12-17(2,3)13-9-10-18(12,11-13)16(19)21-15-8-6-5-7-14(15)20-4/h5-8,13H,1,9-11H2,2-4H3. The van der Waals surface area contributed by atoms with Crippen LogP contribution in [0, 0.1) is 16.7 Å². The molecule has 3 rings (SSSR count). The van der Waals surface area contributed by atoms with Crippen LogP contribution >= 0.6 is 0 Å². The summed E-state index contributed by atoms with van der Waals surface area (Å²) in [6.45, 7) is 8.62. The maximum atomic E-state index is 12.8. The molecule has 3 nitrogen and oxygen atoms in total. The monoisotopic (exact) mass is 286 g/mol. The third kappa shape index (κ3) is 1.90. The maximum absolute atomic E-state index is 12.8. The predicted molar refractivity (Wildman–Crippen MR) is 81.3 cm³/mol. The molecule has 0 aliphatic heterocycles. The van der Waals surface area contributed by atoms with Gasteiger partial charge in [0.2, 0.25) is 0 Å². The zero-order chi connectivity index (χ0) is 15.3. The van der Waals surface area contributed by atoms with Gasteiger partial charge in [-0.3, -0.25) is 4.79 Å². The van der Waals surface area contributed by atoms with Crippen molar-refractivity contribution in [2.24, 2.45) is 16.7 Å². The van der Waals surface area contributed by atoms with Crippen LogP contribution in [0.1, 0.15) is 33.1 Å². The van der Waals surface area contributed by atoms with E-state index in [-0.39, 0.29) is 11.4 Å². The van der Waals surface area contributed by atoms with E-state index in [1.165, 1.54) is 0 Å². The van der Waals surface area contributed by atoms with Crippen molar-refractivity contribution >= 4 is 5.97 Å². The van der Waals surface area contributed by atoms with Gasteiger partial charge in [0.25, 0.3) is 0 Å². The van der Waals surface area contributed by atoms with Gasteiger partial charge in [-0.1, -0.05) is 38.1 Å². The van der Waals surface area contributed by atoms with Gasteiger partial charge >= 0.3 is 5.97 Å². The second-order valence-corrected chi connectivity index (χ2v) is 6.76. The van der Waals surface area contributed by atoms with Crippen molar-refractivity contribution in [1.82, 2.24) is 0 Å². The van der Waals surface area contributed by atoms with Gasteiger partial charge in [0.1, 0.15) is 0 Å². The minimum atomic E-state index is -0.505. The van der Waals surface area contributed by atoms with Crippen LogP contribution in [0.4, 0.5) is 0 Å². The summed E-state index contributed by atoms with van der Waals surface area (Å²) in [5.74, 6) is 1.43. The Kier molecular flexibility index (Phi) is 3.12. The molecule has 0 N–H and O–H groups in total. The number of para-hydroxylation sites is 2. The first-order valence-corrected chi connectivity index (χ1v) is 7.47. The molecule has 0 saturated heterocycles. The molecule has 0 spiro atoms. The van der Waals surface area contributed by atoms with E-state index in [4.69, 9.17) is 9.47 Å². The molecule has 2 aliphatic carbocycles. The van der Waals surface area contributed by atoms with Crippen LogP contribution in [0.3, 0.4) is 0 Å². The smallest absolute Gasteiger partial charge is 0.321 e. The summed E-state index contributed by atoms with van der Waals surface area (Å²) in [5, 5.41) is 0. The highest BCUT2D eigenvalue weighted by Crippen LogP contribution is 2.65. The molecule has 2 saturated carbocycles. The van der Waals surface area contributed by atoms with Gasteiger partial charge in [0.15, 0.2) is 11.5 Å².